The van der Waals surface area contributed by atoms with Gasteiger partial charge in [0.25, 0.3) is 0 Å². The van der Waals surface area contributed by atoms with Crippen molar-refractivity contribution in [3.8, 4) is 0 Å². The lowest BCUT2D eigenvalue weighted by atomic mass is 10.3. The normalized spacial score (nSPS) is 13.3. The fourth-order valence-corrected chi connectivity index (χ4v) is 3.66. The van der Waals surface area contributed by atoms with Crippen LogP contribution in [-0.4, -0.2) is 8.42 Å². The van der Waals surface area contributed by atoms with E-state index in [-0.39, 0.29) is 15.1 Å². The van der Waals surface area contributed by atoms with Gasteiger partial charge in [0.15, 0.2) is 0 Å². The molecule has 0 bridgehead atoms. The van der Waals surface area contributed by atoms with Gasteiger partial charge < -0.3 is 10.2 Å². The van der Waals surface area contributed by atoms with E-state index >= 15 is 0 Å². The van der Waals surface area contributed by atoms with Gasteiger partial charge in [-0.05, 0) is 54.0 Å². The van der Waals surface area contributed by atoms with Crippen molar-refractivity contribution in [3.63, 3.8) is 0 Å². The minimum absolute atomic E-state index is 0.0265. The van der Waals surface area contributed by atoms with Crippen LogP contribution in [0.3, 0.4) is 0 Å². The summed E-state index contributed by atoms with van der Waals surface area (Å²) in [6.45, 7) is 3.41. The van der Waals surface area contributed by atoms with Crippen LogP contribution in [0, 0.1) is 12.7 Å². The molecule has 8 heteroatoms. The molecule has 2 rings (SSSR count). The monoisotopic (exact) mass is 376 g/mol. The van der Waals surface area contributed by atoms with E-state index in [1.807, 2.05) is 0 Å². The summed E-state index contributed by atoms with van der Waals surface area (Å²) in [6.07, 6.45) is 0. The minimum Gasteiger partial charge on any atom is -0.465 e. The van der Waals surface area contributed by atoms with Gasteiger partial charge in [0.2, 0.25) is 10.0 Å². The van der Waals surface area contributed by atoms with E-state index in [1.165, 1.54) is 0 Å². The van der Waals surface area contributed by atoms with Crippen molar-refractivity contribution in [1.29, 1.82) is 0 Å². The second-order valence-corrected chi connectivity index (χ2v) is 7.13. The van der Waals surface area contributed by atoms with Crippen LogP contribution < -0.4 is 10.5 Å². The fraction of sp³-hybridized carbons (Fsp3) is 0.231. The summed E-state index contributed by atoms with van der Waals surface area (Å²) >= 11 is 2.95. The molecule has 3 N–H and O–H groups in total. The van der Waals surface area contributed by atoms with E-state index in [2.05, 4.69) is 20.7 Å². The molecule has 1 aromatic heterocycles. The summed E-state index contributed by atoms with van der Waals surface area (Å²) in [4.78, 5) is -0.189. The SMILES string of the molecule is Cc1ccc(C(C)NS(=O)(=O)c2cc(Br)c(F)cc2N)o1. The molecule has 0 aliphatic heterocycles. The smallest absolute Gasteiger partial charge is 0.243 e. The first kappa shape index (κ1) is 16.0. The van der Waals surface area contributed by atoms with Crippen molar-refractivity contribution in [2.24, 2.45) is 0 Å². The van der Waals surface area contributed by atoms with Gasteiger partial charge in [-0.1, -0.05) is 0 Å². The first-order valence-corrected chi connectivity index (χ1v) is 8.31. The predicted molar refractivity (Wildman–Crippen MR) is 80.7 cm³/mol. The number of aryl methyl sites for hydroxylation is 1. The van der Waals surface area contributed by atoms with Crippen LogP contribution in [0.5, 0.6) is 0 Å². The van der Waals surface area contributed by atoms with Gasteiger partial charge in [-0.2, -0.15) is 0 Å². The number of hydrogen-bond acceptors (Lipinski definition) is 4. The van der Waals surface area contributed by atoms with Gasteiger partial charge in [0, 0.05) is 0 Å². The Balaban J connectivity index is 2.32. The Bertz CT molecular complexity index is 774. The topological polar surface area (TPSA) is 85.3 Å². The van der Waals surface area contributed by atoms with Gasteiger partial charge in [0.05, 0.1) is 16.2 Å². The lowest BCUT2D eigenvalue weighted by Crippen LogP contribution is -2.27. The Hall–Kier alpha value is -1.38. The molecule has 0 saturated carbocycles. The highest BCUT2D eigenvalue weighted by atomic mass is 79.9. The van der Waals surface area contributed by atoms with Crippen molar-refractivity contribution in [2.75, 3.05) is 5.73 Å². The molecule has 0 amide bonds. The highest BCUT2D eigenvalue weighted by Gasteiger charge is 2.23. The molecule has 0 fully saturated rings. The number of nitrogens with two attached hydrogens (primary N) is 1. The molecule has 1 atom stereocenters. The molecule has 1 heterocycles. The molecule has 0 spiro atoms. The third-order valence-corrected chi connectivity index (χ3v) is 5.07. The Morgan fingerprint density at radius 2 is 2.05 bits per heavy atom. The predicted octanol–water partition coefficient (Wildman–Crippen LogP) is 3.11. The van der Waals surface area contributed by atoms with Crippen molar-refractivity contribution in [3.05, 3.63) is 46.1 Å². The number of nitrogens with one attached hydrogen (secondary N) is 1. The second-order valence-electron chi connectivity index (χ2n) is 4.60. The molecule has 114 valence electrons. The Morgan fingerprint density at radius 1 is 1.38 bits per heavy atom. The lowest BCUT2D eigenvalue weighted by Gasteiger charge is -2.14. The standard InChI is InChI=1S/C13H14BrFN2O3S/c1-7-3-4-12(20-7)8(2)17-21(18,19)13-5-9(14)10(15)6-11(13)16/h3-6,8,17H,16H2,1-2H3. The van der Waals surface area contributed by atoms with Crippen LogP contribution in [0.15, 0.2) is 38.1 Å². The number of furan rings is 1. The molecule has 21 heavy (non-hydrogen) atoms. The van der Waals surface area contributed by atoms with Gasteiger partial charge in [0.1, 0.15) is 22.2 Å². The number of nitrogen functional groups attached to an aromatic ring is 1. The molecule has 0 radical (unpaired) electrons. The summed E-state index contributed by atoms with van der Waals surface area (Å²) in [5.74, 6) is 0.539. The maximum absolute atomic E-state index is 13.3. The Labute approximate surface area is 130 Å². The lowest BCUT2D eigenvalue weighted by molar-refractivity contribution is 0.441. The maximum Gasteiger partial charge on any atom is 0.243 e. The molecule has 0 aliphatic carbocycles. The highest BCUT2D eigenvalue weighted by molar-refractivity contribution is 9.10. The van der Waals surface area contributed by atoms with E-state index in [9.17, 15) is 12.8 Å². The van der Waals surface area contributed by atoms with Crippen molar-refractivity contribution >= 4 is 31.6 Å². The zero-order chi connectivity index (χ0) is 15.8. The number of rotatable bonds is 4. The van der Waals surface area contributed by atoms with Crippen LogP contribution in [0.1, 0.15) is 24.5 Å². The first-order chi connectivity index (χ1) is 9.70. The third-order valence-electron chi connectivity index (χ3n) is 2.86. The molecular weight excluding hydrogens is 363 g/mol. The highest BCUT2D eigenvalue weighted by Crippen LogP contribution is 2.27. The van der Waals surface area contributed by atoms with Gasteiger partial charge in [-0.25, -0.2) is 17.5 Å². The van der Waals surface area contributed by atoms with Crippen LogP contribution >= 0.6 is 15.9 Å². The number of benzene rings is 1. The summed E-state index contributed by atoms with van der Waals surface area (Å²) < 4.78 is 45.8. The summed E-state index contributed by atoms with van der Waals surface area (Å²) in [5.41, 5.74) is 5.43. The zero-order valence-electron chi connectivity index (χ0n) is 11.4. The molecular formula is C13H14BrFN2O3S. The van der Waals surface area contributed by atoms with Crippen molar-refractivity contribution < 1.29 is 17.2 Å². The van der Waals surface area contributed by atoms with E-state index < -0.39 is 21.9 Å². The van der Waals surface area contributed by atoms with E-state index in [1.54, 1.807) is 26.0 Å². The molecule has 0 saturated heterocycles. The molecule has 0 aliphatic rings. The number of sulfonamides is 1. The third kappa shape index (κ3) is 3.45. The van der Waals surface area contributed by atoms with Crippen LogP contribution in [0.25, 0.3) is 0 Å². The average Bonchev–Trinajstić information content (AvgIpc) is 2.80. The second kappa shape index (κ2) is 5.78. The van der Waals surface area contributed by atoms with E-state index in [4.69, 9.17) is 10.2 Å². The quantitative estimate of drug-likeness (QED) is 0.802. The number of halogens is 2. The fourth-order valence-electron chi connectivity index (χ4n) is 1.82. The number of anilines is 1. The largest absolute Gasteiger partial charge is 0.465 e. The van der Waals surface area contributed by atoms with Crippen molar-refractivity contribution in [2.45, 2.75) is 24.8 Å². The molecule has 1 unspecified atom stereocenters. The summed E-state index contributed by atoms with van der Waals surface area (Å²) in [6, 6.07) is 4.94. The molecule has 5 nitrogen and oxygen atoms in total. The van der Waals surface area contributed by atoms with Crippen LogP contribution in [-0.2, 0) is 10.0 Å². The minimum atomic E-state index is -3.90. The van der Waals surface area contributed by atoms with Gasteiger partial charge >= 0.3 is 0 Å². The molecule has 1 aromatic carbocycles. The van der Waals surface area contributed by atoms with E-state index in [0.717, 1.165) is 12.1 Å². The maximum atomic E-state index is 13.3. The number of hydrogen-bond donors (Lipinski definition) is 2. The zero-order valence-corrected chi connectivity index (χ0v) is 13.8. The van der Waals surface area contributed by atoms with E-state index in [0.29, 0.717) is 11.5 Å². The Morgan fingerprint density at radius 3 is 2.62 bits per heavy atom. The molecule has 2 aromatic rings. The summed E-state index contributed by atoms with van der Waals surface area (Å²) in [5, 5.41) is 0. The van der Waals surface area contributed by atoms with Crippen LogP contribution in [0.2, 0.25) is 0 Å². The Kier molecular flexibility index (Phi) is 4.40. The van der Waals surface area contributed by atoms with Crippen molar-refractivity contribution in [1.82, 2.24) is 4.72 Å². The summed E-state index contributed by atoms with van der Waals surface area (Å²) in [7, 11) is -3.90. The first-order valence-electron chi connectivity index (χ1n) is 6.04. The van der Waals surface area contributed by atoms with Gasteiger partial charge in [-0.15, -0.1) is 0 Å². The van der Waals surface area contributed by atoms with Crippen LogP contribution in [0.4, 0.5) is 10.1 Å². The van der Waals surface area contributed by atoms with Gasteiger partial charge in [-0.3, -0.25) is 0 Å². The average molecular weight is 377 g/mol.